The molecule has 0 radical (unpaired) electrons. The molecule has 6 nitrogen and oxygen atoms in total. The second-order valence-corrected chi connectivity index (χ2v) is 7.95. The van der Waals surface area contributed by atoms with Crippen LogP contribution in [0.2, 0.25) is 0 Å². The average Bonchev–Trinajstić information content (AvgIpc) is 3.06. The number of hydrogen-bond donors (Lipinski definition) is 0. The van der Waals surface area contributed by atoms with Gasteiger partial charge in [0.1, 0.15) is 11.5 Å². The average molecular weight is 436 g/mol. The summed E-state index contributed by atoms with van der Waals surface area (Å²) in [4.78, 5) is 13.0. The summed E-state index contributed by atoms with van der Waals surface area (Å²) in [5.41, 5.74) is -0.790. The van der Waals surface area contributed by atoms with Crippen molar-refractivity contribution in [3.05, 3.63) is 42.0 Å². The molecule has 2 aliphatic rings. The summed E-state index contributed by atoms with van der Waals surface area (Å²) in [5, 5.41) is 6.31. The fourth-order valence-corrected chi connectivity index (χ4v) is 3.99. The molecule has 1 aromatic carbocycles. The maximum absolute atomic E-state index is 13.7. The number of nitrogens with zero attached hydrogens (tertiary/aromatic N) is 6. The van der Waals surface area contributed by atoms with Crippen molar-refractivity contribution in [3.8, 4) is 11.3 Å². The molecule has 1 fully saturated rings. The van der Waals surface area contributed by atoms with Gasteiger partial charge >= 0.3 is 6.18 Å². The van der Waals surface area contributed by atoms with Gasteiger partial charge in [0.05, 0.1) is 11.6 Å². The number of hydrogen-bond acceptors (Lipinski definition) is 6. The van der Waals surface area contributed by atoms with Crippen molar-refractivity contribution in [2.45, 2.75) is 19.1 Å². The highest BCUT2D eigenvalue weighted by Crippen LogP contribution is 2.35. The molecule has 1 saturated heterocycles. The first-order valence-corrected chi connectivity index (χ1v) is 10.2. The summed E-state index contributed by atoms with van der Waals surface area (Å²) in [6.07, 6.45) is 0.169. The van der Waals surface area contributed by atoms with Crippen molar-refractivity contribution in [1.82, 2.24) is 19.9 Å². The first-order chi connectivity index (χ1) is 14.7. The second kappa shape index (κ2) is 8.41. The Morgan fingerprint density at radius 1 is 1.06 bits per heavy atom. The lowest BCUT2D eigenvalue weighted by atomic mass is 10.0. The van der Waals surface area contributed by atoms with Crippen LogP contribution in [0.25, 0.3) is 11.3 Å². The van der Waals surface area contributed by atoms with Gasteiger partial charge in [-0.2, -0.15) is 18.3 Å². The quantitative estimate of drug-likeness (QED) is 0.688. The van der Waals surface area contributed by atoms with Crippen LogP contribution in [0, 0.1) is 11.7 Å². The zero-order chi connectivity index (χ0) is 22.2. The highest BCUT2D eigenvalue weighted by Gasteiger charge is 2.35. The Bertz CT molecular complexity index is 955. The third-order valence-corrected chi connectivity index (χ3v) is 6.01. The summed E-state index contributed by atoms with van der Waals surface area (Å²) in [5.74, 6) is -0.424. The van der Waals surface area contributed by atoms with E-state index in [1.165, 1.54) is 18.5 Å². The van der Waals surface area contributed by atoms with Crippen molar-refractivity contribution < 1.29 is 17.6 Å². The standard InChI is InChI=1S/C21H24F4N6/c1-14-16(12-28-29(14)2)13-30-7-9-31(10-8-30)20-19(26-5-6-27-20)15-3-4-18(22)17(11-15)21(23,24)25/h3-6,11-12,14,16H,7-10,13H2,1-2H3. The van der Waals surface area contributed by atoms with Gasteiger partial charge < -0.3 is 4.90 Å². The minimum atomic E-state index is -4.77. The largest absolute Gasteiger partial charge is 0.419 e. The van der Waals surface area contributed by atoms with E-state index >= 15 is 0 Å². The summed E-state index contributed by atoms with van der Waals surface area (Å²) < 4.78 is 53.2. The van der Waals surface area contributed by atoms with Gasteiger partial charge in [0, 0.05) is 69.9 Å². The smallest absolute Gasteiger partial charge is 0.352 e. The van der Waals surface area contributed by atoms with E-state index in [2.05, 4.69) is 26.9 Å². The van der Waals surface area contributed by atoms with E-state index in [9.17, 15) is 17.6 Å². The molecule has 4 rings (SSSR count). The molecule has 0 N–H and O–H groups in total. The van der Waals surface area contributed by atoms with Gasteiger partial charge in [-0.25, -0.2) is 9.37 Å². The van der Waals surface area contributed by atoms with E-state index in [-0.39, 0.29) is 5.56 Å². The lowest BCUT2D eigenvalue weighted by Crippen LogP contribution is -2.49. The third-order valence-electron chi connectivity index (χ3n) is 6.01. The van der Waals surface area contributed by atoms with Gasteiger partial charge in [0.15, 0.2) is 5.82 Å². The number of halogens is 4. The number of aromatic nitrogens is 2. The molecule has 31 heavy (non-hydrogen) atoms. The molecule has 2 aromatic rings. The number of alkyl halides is 3. The molecule has 0 aliphatic carbocycles. The van der Waals surface area contributed by atoms with E-state index in [1.54, 1.807) is 0 Å². The molecule has 0 amide bonds. The summed E-state index contributed by atoms with van der Waals surface area (Å²) in [6.45, 7) is 6.00. The maximum Gasteiger partial charge on any atom is 0.419 e. The predicted octanol–water partition coefficient (Wildman–Crippen LogP) is 3.36. The molecular formula is C21H24F4N6. The molecule has 0 saturated carbocycles. The van der Waals surface area contributed by atoms with Crippen LogP contribution in [-0.2, 0) is 6.18 Å². The minimum absolute atomic E-state index is 0.193. The monoisotopic (exact) mass is 436 g/mol. The number of piperazine rings is 1. The van der Waals surface area contributed by atoms with Crippen LogP contribution in [0.4, 0.5) is 23.4 Å². The number of anilines is 1. The lowest BCUT2D eigenvalue weighted by molar-refractivity contribution is -0.139. The van der Waals surface area contributed by atoms with Crippen LogP contribution in [0.3, 0.4) is 0 Å². The highest BCUT2D eigenvalue weighted by molar-refractivity contribution is 5.72. The number of rotatable bonds is 4. The number of hydrazone groups is 1. The van der Waals surface area contributed by atoms with Gasteiger partial charge in [-0.15, -0.1) is 0 Å². The van der Waals surface area contributed by atoms with Crippen LogP contribution in [-0.4, -0.2) is 71.9 Å². The van der Waals surface area contributed by atoms with Gasteiger partial charge in [-0.3, -0.25) is 14.9 Å². The zero-order valence-electron chi connectivity index (χ0n) is 17.3. The van der Waals surface area contributed by atoms with Crippen LogP contribution < -0.4 is 4.90 Å². The Labute approximate surface area is 178 Å². The zero-order valence-corrected chi connectivity index (χ0v) is 17.3. The molecule has 0 bridgehead atoms. The Kier molecular flexibility index (Phi) is 5.83. The first-order valence-electron chi connectivity index (χ1n) is 10.2. The topological polar surface area (TPSA) is 47.9 Å². The normalized spacial score (nSPS) is 22.4. The Balaban J connectivity index is 1.50. The van der Waals surface area contributed by atoms with E-state index in [0.717, 1.165) is 31.8 Å². The molecule has 10 heteroatoms. The van der Waals surface area contributed by atoms with Crippen molar-refractivity contribution in [2.24, 2.45) is 11.0 Å². The Hall–Kier alpha value is -2.75. The molecule has 166 valence electrons. The molecule has 2 atom stereocenters. The molecule has 1 aromatic heterocycles. The van der Waals surface area contributed by atoms with Gasteiger partial charge in [0.2, 0.25) is 0 Å². The van der Waals surface area contributed by atoms with Crippen molar-refractivity contribution in [1.29, 1.82) is 0 Å². The van der Waals surface area contributed by atoms with Gasteiger partial charge in [0.25, 0.3) is 0 Å². The van der Waals surface area contributed by atoms with Crippen LogP contribution in [0.15, 0.2) is 35.7 Å². The minimum Gasteiger partial charge on any atom is -0.352 e. The first kappa shape index (κ1) is 21.5. The summed E-state index contributed by atoms with van der Waals surface area (Å²) in [6, 6.07) is 3.30. The highest BCUT2D eigenvalue weighted by atomic mass is 19.4. The fraction of sp³-hybridized carbons (Fsp3) is 0.476. The predicted molar refractivity (Wildman–Crippen MR) is 110 cm³/mol. The van der Waals surface area contributed by atoms with Crippen molar-refractivity contribution in [3.63, 3.8) is 0 Å². The maximum atomic E-state index is 13.7. The van der Waals surface area contributed by atoms with E-state index in [1.807, 2.05) is 23.2 Å². The number of benzene rings is 1. The summed E-state index contributed by atoms with van der Waals surface area (Å²) in [7, 11) is 1.97. The van der Waals surface area contributed by atoms with Crippen LogP contribution in [0.5, 0.6) is 0 Å². The molecule has 3 heterocycles. The summed E-state index contributed by atoms with van der Waals surface area (Å²) >= 11 is 0. The molecule has 2 unspecified atom stereocenters. The molecular weight excluding hydrogens is 412 g/mol. The lowest BCUT2D eigenvalue weighted by Gasteiger charge is -2.37. The third kappa shape index (κ3) is 4.48. The van der Waals surface area contributed by atoms with Crippen LogP contribution in [0.1, 0.15) is 12.5 Å². The van der Waals surface area contributed by atoms with E-state index in [0.29, 0.717) is 36.6 Å². The van der Waals surface area contributed by atoms with Crippen molar-refractivity contribution in [2.75, 3.05) is 44.7 Å². The molecule has 2 aliphatic heterocycles. The van der Waals surface area contributed by atoms with Crippen molar-refractivity contribution >= 4 is 12.0 Å². The van der Waals surface area contributed by atoms with E-state index < -0.39 is 17.6 Å². The SMILES string of the molecule is CC1C(CN2CCN(c3nccnc3-c3ccc(F)c(C(F)(F)F)c3)CC2)C=NN1C. The van der Waals surface area contributed by atoms with Gasteiger partial charge in [-0.1, -0.05) is 0 Å². The van der Waals surface area contributed by atoms with Crippen LogP contribution >= 0.6 is 0 Å². The Morgan fingerprint density at radius 2 is 1.77 bits per heavy atom. The Morgan fingerprint density at radius 3 is 2.42 bits per heavy atom. The molecule has 0 spiro atoms. The van der Waals surface area contributed by atoms with E-state index in [4.69, 9.17) is 0 Å². The fourth-order valence-electron chi connectivity index (χ4n) is 3.99. The second-order valence-electron chi connectivity index (χ2n) is 7.95. The van der Waals surface area contributed by atoms with Gasteiger partial charge in [-0.05, 0) is 25.1 Å².